The van der Waals surface area contributed by atoms with Gasteiger partial charge in [0.1, 0.15) is 0 Å². The molecule has 5 rings (SSSR count). The maximum absolute atomic E-state index is 3.59. The Balaban J connectivity index is 0.000000871. The van der Waals surface area contributed by atoms with E-state index in [0.717, 1.165) is 6.42 Å². The van der Waals surface area contributed by atoms with Crippen LogP contribution in [0, 0.1) is 27.8 Å². The van der Waals surface area contributed by atoms with Crippen LogP contribution in [0.3, 0.4) is 0 Å². The fourth-order valence-electron chi connectivity index (χ4n) is 4.01. The molecule has 0 amide bonds. The van der Waals surface area contributed by atoms with E-state index in [1.807, 2.05) is 0 Å². The van der Waals surface area contributed by atoms with Gasteiger partial charge in [-0.25, -0.2) is 0 Å². The fourth-order valence-corrected chi connectivity index (χ4v) is 4.01. The first-order valence-electron chi connectivity index (χ1n) is 8.43. The summed E-state index contributed by atoms with van der Waals surface area (Å²) in [4.78, 5) is 0. The Hall–Kier alpha value is -1.98. The van der Waals surface area contributed by atoms with E-state index in [4.69, 9.17) is 0 Å². The smallest absolute Gasteiger partial charge is 0.358 e. The van der Waals surface area contributed by atoms with Crippen LogP contribution < -0.4 is 0 Å². The Bertz CT molecular complexity index is 1090. The van der Waals surface area contributed by atoms with Crippen molar-refractivity contribution in [3.63, 3.8) is 0 Å². The molecular formula is C26H23Zr. The third-order valence-electron chi connectivity index (χ3n) is 5.01. The SMILES string of the molecule is Cc1[c-]c2c(c(-c3cccc4ccccc34)c1)-c1ccccc1C2.[CH3-].[CH3-].[Zr+3]. The second-order valence-corrected chi connectivity index (χ2v) is 6.58. The fraction of sp³-hybridized carbons (Fsp3) is 0.0769. The molecule has 0 fully saturated rings. The number of hydrogen-bond acceptors (Lipinski definition) is 0. The van der Waals surface area contributed by atoms with Crippen molar-refractivity contribution in [1.29, 1.82) is 0 Å². The summed E-state index contributed by atoms with van der Waals surface area (Å²) in [5, 5.41) is 2.61. The van der Waals surface area contributed by atoms with Gasteiger partial charge in [0.25, 0.3) is 0 Å². The molecule has 0 bridgehead atoms. The largest absolute Gasteiger partial charge is 3.00 e. The Labute approximate surface area is 182 Å². The zero-order chi connectivity index (χ0) is 16.1. The molecule has 0 heterocycles. The predicted molar refractivity (Wildman–Crippen MR) is 114 cm³/mol. The molecule has 1 radical (unpaired) electrons. The van der Waals surface area contributed by atoms with Crippen LogP contribution in [0.2, 0.25) is 0 Å². The van der Waals surface area contributed by atoms with Gasteiger partial charge in [-0.2, -0.15) is 17.7 Å². The monoisotopic (exact) mass is 425 g/mol. The molecule has 0 aliphatic heterocycles. The van der Waals surface area contributed by atoms with Crippen LogP contribution in [0.25, 0.3) is 33.0 Å². The van der Waals surface area contributed by atoms with Gasteiger partial charge in [-0.05, 0) is 22.8 Å². The second kappa shape index (κ2) is 8.36. The minimum Gasteiger partial charge on any atom is -0.358 e. The minimum absolute atomic E-state index is 0. The van der Waals surface area contributed by atoms with E-state index in [9.17, 15) is 0 Å². The van der Waals surface area contributed by atoms with Gasteiger partial charge in [-0.3, -0.25) is 0 Å². The third kappa shape index (κ3) is 3.46. The van der Waals surface area contributed by atoms with Crippen LogP contribution in [0.5, 0.6) is 0 Å². The van der Waals surface area contributed by atoms with E-state index in [1.165, 1.54) is 49.7 Å². The van der Waals surface area contributed by atoms with Gasteiger partial charge >= 0.3 is 26.2 Å². The zero-order valence-corrected chi connectivity index (χ0v) is 18.6. The first-order chi connectivity index (χ1) is 11.8. The molecule has 1 heteroatoms. The van der Waals surface area contributed by atoms with Crippen LogP contribution in [0.15, 0.2) is 72.8 Å². The van der Waals surface area contributed by atoms with Gasteiger partial charge in [-0.1, -0.05) is 84.8 Å². The Morgan fingerprint density at radius 3 is 2.26 bits per heavy atom. The summed E-state index contributed by atoms with van der Waals surface area (Å²) in [5.41, 5.74) is 9.35. The van der Waals surface area contributed by atoms with Crippen molar-refractivity contribution in [3.05, 3.63) is 110 Å². The van der Waals surface area contributed by atoms with Crippen molar-refractivity contribution in [1.82, 2.24) is 0 Å². The van der Waals surface area contributed by atoms with E-state index >= 15 is 0 Å². The molecule has 4 aromatic carbocycles. The average molecular weight is 427 g/mol. The van der Waals surface area contributed by atoms with Crippen LogP contribution in [0.4, 0.5) is 0 Å². The molecule has 0 aromatic heterocycles. The second-order valence-electron chi connectivity index (χ2n) is 6.58. The summed E-state index contributed by atoms with van der Waals surface area (Å²) < 4.78 is 0. The maximum atomic E-state index is 3.59. The van der Waals surface area contributed by atoms with E-state index in [2.05, 4.69) is 85.8 Å². The summed E-state index contributed by atoms with van der Waals surface area (Å²) in [6.07, 6.45) is 0.991. The van der Waals surface area contributed by atoms with Gasteiger partial charge in [0.2, 0.25) is 0 Å². The van der Waals surface area contributed by atoms with Crippen LogP contribution >= 0.6 is 0 Å². The Morgan fingerprint density at radius 2 is 1.41 bits per heavy atom. The molecule has 131 valence electrons. The number of benzene rings is 4. The zero-order valence-electron chi connectivity index (χ0n) is 16.1. The first kappa shape index (κ1) is 21.3. The molecule has 0 unspecified atom stereocenters. The minimum atomic E-state index is 0. The molecular weight excluding hydrogens is 404 g/mol. The van der Waals surface area contributed by atoms with Crippen molar-refractivity contribution in [3.8, 4) is 22.3 Å². The molecule has 0 saturated heterocycles. The molecule has 1 aliphatic rings. The topological polar surface area (TPSA) is 0 Å². The molecule has 0 nitrogen and oxygen atoms in total. The predicted octanol–water partition coefficient (Wildman–Crippen LogP) is 7.08. The number of hydrogen-bond donors (Lipinski definition) is 0. The standard InChI is InChI=1S/C24H17.2CH3.Zr/c1-16-13-19-15-18-8-3-5-11-21(18)24(19)23(14-16)22-12-6-9-17-7-2-4-10-20(17)22;;;/h2-12,14H,15H2,1H3;2*1H3;/q3*-1;+3. The van der Waals surface area contributed by atoms with Crippen molar-refractivity contribution in [2.45, 2.75) is 13.3 Å². The van der Waals surface area contributed by atoms with Crippen molar-refractivity contribution in [2.75, 3.05) is 0 Å². The van der Waals surface area contributed by atoms with Gasteiger partial charge < -0.3 is 14.9 Å². The number of aryl methyl sites for hydroxylation is 1. The molecule has 1 aliphatic carbocycles. The summed E-state index contributed by atoms with van der Waals surface area (Å²) in [5.74, 6) is 0. The Morgan fingerprint density at radius 1 is 0.741 bits per heavy atom. The Kier molecular flexibility index (Phi) is 6.60. The number of fused-ring (bicyclic) bond motifs is 4. The first-order valence-corrected chi connectivity index (χ1v) is 8.43. The third-order valence-corrected chi connectivity index (χ3v) is 5.01. The van der Waals surface area contributed by atoms with Gasteiger partial charge in [0.05, 0.1) is 0 Å². The van der Waals surface area contributed by atoms with Crippen LogP contribution in [-0.2, 0) is 32.6 Å². The van der Waals surface area contributed by atoms with Gasteiger partial charge in [0, 0.05) is 0 Å². The van der Waals surface area contributed by atoms with Gasteiger partial charge in [-0.15, -0.1) is 16.7 Å². The quantitative estimate of drug-likeness (QED) is 0.251. The summed E-state index contributed by atoms with van der Waals surface area (Å²) in [6, 6.07) is 29.9. The molecule has 0 N–H and O–H groups in total. The maximum Gasteiger partial charge on any atom is 3.00 e. The van der Waals surface area contributed by atoms with E-state index in [0.29, 0.717) is 0 Å². The van der Waals surface area contributed by atoms with Crippen LogP contribution in [-0.4, -0.2) is 0 Å². The summed E-state index contributed by atoms with van der Waals surface area (Å²) in [6.45, 7) is 2.15. The molecule has 0 atom stereocenters. The number of rotatable bonds is 1. The van der Waals surface area contributed by atoms with E-state index in [1.54, 1.807) is 0 Å². The normalized spacial score (nSPS) is 10.9. The van der Waals surface area contributed by atoms with E-state index < -0.39 is 0 Å². The summed E-state index contributed by atoms with van der Waals surface area (Å²) >= 11 is 0. The van der Waals surface area contributed by atoms with Gasteiger partial charge in [0.15, 0.2) is 0 Å². The molecule has 27 heavy (non-hydrogen) atoms. The van der Waals surface area contributed by atoms with Crippen LogP contribution in [0.1, 0.15) is 16.7 Å². The average Bonchev–Trinajstić information content (AvgIpc) is 2.98. The van der Waals surface area contributed by atoms with E-state index in [-0.39, 0.29) is 41.1 Å². The van der Waals surface area contributed by atoms with Crippen molar-refractivity contribution >= 4 is 10.8 Å². The summed E-state index contributed by atoms with van der Waals surface area (Å²) in [7, 11) is 0. The van der Waals surface area contributed by atoms with Crippen molar-refractivity contribution < 1.29 is 26.2 Å². The van der Waals surface area contributed by atoms with Crippen molar-refractivity contribution in [2.24, 2.45) is 0 Å². The molecule has 0 spiro atoms. The molecule has 4 aromatic rings. The molecule has 0 saturated carbocycles.